The van der Waals surface area contributed by atoms with Crippen LogP contribution in [0.2, 0.25) is 0 Å². The van der Waals surface area contributed by atoms with Gasteiger partial charge in [0.05, 0.1) is 30.3 Å². The number of pyridine rings is 1. The van der Waals surface area contributed by atoms with Gasteiger partial charge in [-0.2, -0.15) is 0 Å². The van der Waals surface area contributed by atoms with Crippen LogP contribution in [-0.2, 0) is 6.54 Å². The fourth-order valence-electron chi connectivity index (χ4n) is 1.88. The second-order valence-electron chi connectivity index (χ2n) is 4.06. The molecule has 0 radical (unpaired) electrons. The van der Waals surface area contributed by atoms with Crippen molar-refractivity contribution in [3.05, 3.63) is 40.8 Å². The van der Waals surface area contributed by atoms with E-state index in [2.05, 4.69) is 52.6 Å². The second kappa shape index (κ2) is 6.40. The predicted molar refractivity (Wildman–Crippen MR) is 79.4 cm³/mol. The van der Waals surface area contributed by atoms with E-state index in [0.717, 1.165) is 25.3 Å². The van der Waals surface area contributed by atoms with Crippen molar-refractivity contribution >= 4 is 22.7 Å². The van der Waals surface area contributed by atoms with Gasteiger partial charge in [0.1, 0.15) is 0 Å². The molecule has 3 nitrogen and oxygen atoms in total. The molecule has 0 amide bonds. The zero-order valence-electron chi connectivity index (χ0n) is 10.9. The van der Waals surface area contributed by atoms with E-state index in [9.17, 15) is 0 Å². The Morgan fingerprint density at radius 2 is 2.22 bits per heavy atom. The predicted octanol–water partition coefficient (Wildman–Crippen LogP) is 3.60. The van der Waals surface area contributed by atoms with Crippen molar-refractivity contribution in [1.82, 2.24) is 4.98 Å². The van der Waals surface area contributed by atoms with Gasteiger partial charge in [0.2, 0.25) is 0 Å². The molecule has 4 heteroatoms. The fraction of sp³-hybridized carbons (Fsp3) is 0.357. The molecule has 2 aromatic rings. The largest absolute Gasteiger partial charge is 0.384 e. The molecule has 0 aromatic carbocycles. The molecule has 96 valence electrons. The Labute approximate surface area is 112 Å². The van der Waals surface area contributed by atoms with Crippen molar-refractivity contribution < 1.29 is 0 Å². The number of anilines is 2. The first-order chi connectivity index (χ1) is 8.83. The van der Waals surface area contributed by atoms with Gasteiger partial charge in [0.15, 0.2) is 0 Å². The minimum Gasteiger partial charge on any atom is -0.384 e. The number of rotatable bonds is 6. The van der Waals surface area contributed by atoms with E-state index in [0.29, 0.717) is 0 Å². The molecule has 0 unspecified atom stereocenters. The summed E-state index contributed by atoms with van der Waals surface area (Å²) >= 11 is 1.80. The lowest BCUT2D eigenvalue weighted by Gasteiger charge is -2.22. The summed E-state index contributed by atoms with van der Waals surface area (Å²) in [4.78, 5) is 8.01. The molecule has 2 rings (SSSR count). The normalized spacial score (nSPS) is 10.3. The zero-order valence-corrected chi connectivity index (χ0v) is 11.7. The Kier molecular flexibility index (Phi) is 4.59. The zero-order chi connectivity index (χ0) is 12.8. The molecule has 1 N–H and O–H groups in total. The molecule has 0 fully saturated rings. The number of hydrogen-bond donors (Lipinski definition) is 1. The molecular formula is C14H19N3S. The van der Waals surface area contributed by atoms with Crippen molar-refractivity contribution in [2.75, 3.05) is 23.3 Å². The van der Waals surface area contributed by atoms with Gasteiger partial charge in [0, 0.05) is 18.0 Å². The van der Waals surface area contributed by atoms with Crippen LogP contribution in [0.25, 0.3) is 0 Å². The van der Waals surface area contributed by atoms with E-state index in [1.54, 1.807) is 11.3 Å². The van der Waals surface area contributed by atoms with Crippen molar-refractivity contribution in [3.63, 3.8) is 0 Å². The number of hydrogen-bond acceptors (Lipinski definition) is 4. The van der Waals surface area contributed by atoms with Crippen LogP contribution in [0.1, 0.15) is 18.7 Å². The van der Waals surface area contributed by atoms with Crippen LogP contribution in [-0.4, -0.2) is 18.1 Å². The molecule has 0 aliphatic carbocycles. The molecule has 0 aliphatic rings. The van der Waals surface area contributed by atoms with Gasteiger partial charge >= 0.3 is 0 Å². The van der Waals surface area contributed by atoms with E-state index in [1.165, 1.54) is 10.6 Å². The number of nitrogens with one attached hydrogen (secondary N) is 1. The topological polar surface area (TPSA) is 28.2 Å². The van der Waals surface area contributed by atoms with Gasteiger partial charge < -0.3 is 10.2 Å². The van der Waals surface area contributed by atoms with Crippen LogP contribution in [0.15, 0.2) is 36.0 Å². The summed E-state index contributed by atoms with van der Waals surface area (Å²) in [5, 5.41) is 5.42. The molecule has 0 atom stereocenters. The highest BCUT2D eigenvalue weighted by molar-refractivity contribution is 7.09. The van der Waals surface area contributed by atoms with E-state index < -0.39 is 0 Å². The first kappa shape index (κ1) is 12.9. The highest BCUT2D eigenvalue weighted by Crippen LogP contribution is 2.21. The Morgan fingerprint density at radius 3 is 2.89 bits per heavy atom. The summed E-state index contributed by atoms with van der Waals surface area (Å²) in [6.07, 6.45) is 3.80. The Hall–Kier alpha value is -1.55. The van der Waals surface area contributed by atoms with Crippen molar-refractivity contribution in [3.8, 4) is 0 Å². The maximum atomic E-state index is 4.30. The van der Waals surface area contributed by atoms with Crippen molar-refractivity contribution in [1.29, 1.82) is 0 Å². The lowest BCUT2D eigenvalue weighted by Crippen LogP contribution is -2.21. The summed E-state index contributed by atoms with van der Waals surface area (Å²) in [6.45, 7) is 7.12. The van der Waals surface area contributed by atoms with Crippen LogP contribution < -0.4 is 10.2 Å². The maximum absolute atomic E-state index is 4.30. The third kappa shape index (κ3) is 3.23. The minimum absolute atomic E-state index is 0.919. The van der Waals surface area contributed by atoms with Gasteiger partial charge in [-0.25, -0.2) is 0 Å². The van der Waals surface area contributed by atoms with Gasteiger partial charge in [-0.05, 0) is 31.4 Å². The highest BCUT2D eigenvalue weighted by atomic mass is 32.1. The smallest absolute Gasteiger partial charge is 0.0576 e. The number of aromatic nitrogens is 1. The minimum atomic E-state index is 0.919. The summed E-state index contributed by atoms with van der Waals surface area (Å²) in [6, 6.07) is 6.43. The molecule has 0 bridgehead atoms. The Balaban J connectivity index is 2.13. The third-order valence-corrected chi connectivity index (χ3v) is 3.64. The summed E-state index contributed by atoms with van der Waals surface area (Å²) in [5.41, 5.74) is 2.25. The lowest BCUT2D eigenvalue weighted by atomic mass is 10.3. The van der Waals surface area contributed by atoms with E-state index in [4.69, 9.17) is 0 Å². The quantitative estimate of drug-likeness (QED) is 0.861. The van der Waals surface area contributed by atoms with Crippen LogP contribution in [0, 0.1) is 0 Å². The second-order valence-corrected chi connectivity index (χ2v) is 5.09. The van der Waals surface area contributed by atoms with Gasteiger partial charge in [-0.3, -0.25) is 4.98 Å². The Bertz CT molecular complexity index is 468. The first-order valence-electron chi connectivity index (χ1n) is 6.29. The van der Waals surface area contributed by atoms with Crippen molar-refractivity contribution in [2.24, 2.45) is 0 Å². The molecule has 0 saturated carbocycles. The number of nitrogens with zero attached hydrogens (tertiary/aromatic N) is 2. The van der Waals surface area contributed by atoms with Crippen LogP contribution >= 0.6 is 11.3 Å². The standard InChI is InChI=1S/C14H19N3S/c1-3-16-12-8-13(10-15-9-12)17(4-2)11-14-6-5-7-18-14/h5-10,16H,3-4,11H2,1-2H3. The average Bonchev–Trinajstić information content (AvgIpc) is 2.89. The maximum Gasteiger partial charge on any atom is 0.0576 e. The molecular weight excluding hydrogens is 242 g/mol. The monoisotopic (exact) mass is 261 g/mol. The molecule has 0 spiro atoms. The summed E-state index contributed by atoms with van der Waals surface area (Å²) < 4.78 is 0. The Morgan fingerprint density at radius 1 is 1.33 bits per heavy atom. The van der Waals surface area contributed by atoms with E-state index >= 15 is 0 Å². The molecule has 18 heavy (non-hydrogen) atoms. The van der Waals surface area contributed by atoms with Gasteiger partial charge in [0.25, 0.3) is 0 Å². The summed E-state index contributed by atoms with van der Waals surface area (Å²) in [7, 11) is 0. The van der Waals surface area contributed by atoms with Crippen LogP contribution in [0.4, 0.5) is 11.4 Å². The number of thiophene rings is 1. The fourth-order valence-corrected chi connectivity index (χ4v) is 2.60. The molecule has 2 heterocycles. The van der Waals surface area contributed by atoms with Crippen LogP contribution in [0.3, 0.4) is 0 Å². The molecule has 2 aromatic heterocycles. The summed E-state index contributed by atoms with van der Waals surface area (Å²) in [5.74, 6) is 0. The van der Waals surface area contributed by atoms with Gasteiger partial charge in [-0.15, -0.1) is 11.3 Å². The SMILES string of the molecule is CCNc1cncc(N(CC)Cc2cccs2)c1. The third-order valence-electron chi connectivity index (χ3n) is 2.78. The molecule has 0 saturated heterocycles. The first-order valence-corrected chi connectivity index (χ1v) is 7.17. The molecule has 0 aliphatic heterocycles. The van der Waals surface area contributed by atoms with Gasteiger partial charge in [-0.1, -0.05) is 6.07 Å². The van der Waals surface area contributed by atoms with Crippen LogP contribution in [0.5, 0.6) is 0 Å². The van der Waals surface area contributed by atoms with E-state index in [-0.39, 0.29) is 0 Å². The van der Waals surface area contributed by atoms with Crippen molar-refractivity contribution in [2.45, 2.75) is 20.4 Å². The average molecular weight is 261 g/mol. The highest BCUT2D eigenvalue weighted by Gasteiger charge is 2.07. The van der Waals surface area contributed by atoms with E-state index in [1.807, 2.05) is 12.4 Å². The lowest BCUT2D eigenvalue weighted by molar-refractivity contribution is 0.839.